The van der Waals surface area contributed by atoms with Crippen LogP contribution in [0.15, 0.2) is 144 Å². The Kier molecular flexibility index (Phi) is 10.6. The quantitative estimate of drug-likeness (QED) is 0.0885. The Hall–Kier alpha value is -5.70. The molecule has 8 heteroatoms. The Balaban J connectivity index is 1.04. The SMILES string of the molecule is O=C(Nc1cccc(CCNCC(O)c2ccc(OCc3ccccc3)c3[nH]c(=O)ccc23)c1)NC(c1ccccc1)c1ccccc1. The van der Waals surface area contributed by atoms with E-state index in [0.29, 0.717) is 48.6 Å². The fourth-order valence-corrected chi connectivity index (χ4v) is 5.73. The number of nitrogens with one attached hydrogen (secondary N) is 4. The molecule has 1 unspecified atom stereocenters. The highest BCUT2D eigenvalue weighted by atomic mass is 16.5. The smallest absolute Gasteiger partial charge is 0.319 e. The van der Waals surface area contributed by atoms with Crippen molar-refractivity contribution in [2.45, 2.75) is 25.2 Å². The lowest BCUT2D eigenvalue weighted by atomic mass is 9.99. The first-order valence-corrected chi connectivity index (χ1v) is 16.0. The van der Waals surface area contributed by atoms with Gasteiger partial charge in [0.05, 0.1) is 17.7 Å². The maximum Gasteiger partial charge on any atom is 0.319 e. The lowest BCUT2D eigenvalue weighted by Gasteiger charge is -2.20. The van der Waals surface area contributed by atoms with E-state index < -0.39 is 6.10 Å². The number of carbonyl (C=O) groups is 1. The predicted molar refractivity (Wildman–Crippen MR) is 190 cm³/mol. The highest BCUT2D eigenvalue weighted by Crippen LogP contribution is 2.30. The Morgan fingerprint density at radius 2 is 1.42 bits per heavy atom. The Morgan fingerprint density at radius 3 is 2.12 bits per heavy atom. The molecule has 0 saturated carbocycles. The van der Waals surface area contributed by atoms with Gasteiger partial charge in [0.25, 0.3) is 0 Å². The molecule has 6 aromatic rings. The summed E-state index contributed by atoms with van der Waals surface area (Å²) in [6.07, 6.45) is -0.110. The van der Waals surface area contributed by atoms with Crippen LogP contribution in [-0.4, -0.2) is 29.2 Å². The van der Waals surface area contributed by atoms with Gasteiger partial charge in [0.2, 0.25) is 5.56 Å². The summed E-state index contributed by atoms with van der Waals surface area (Å²) < 4.78 is 6.04. The molecular weight excluding hydrogens is 600 g/mol. The van der Waals surface area contributed by atoms with Crippen molar-refractivity contribution >= 4 is 22.6 Å². The average Bonchev–Trinajstić information content (AvgIpc) is 3.12. The van der Waals surface area contributed by atoms with Gasteiger partial charge in [-0.15, -0.1) is 0 Å². The average molecular weight is 639 g/mol. The number of aliphatic hydroxyl groups is 1. The van der Waals surface area contributed by atoms with Gasteiger partial charge < -0.3 is 30.8 Å². The molecule has 5 N–H and O–H groups in total. The summed E-state index contributed by atoms with van der Waals surface area (Å²) in [5.74, 6) is 0.549. The number of H-pyrrole nitrogens is 1. The molecular formula is C40H38N4O4. The van der Waals surface area contributed by atoms with E-state index in [4.69, 9.17) is 4.74 Å². The minimum absolute atomic E-state index is 0.238. The summed E-state index contributed by atoms with van der Waals surface area (Å²) in [5.41, 5.74) is 5.76. The zero-order valence-corrected chi connectivity index (χ0v) is 26.4. The maximum absolute atomic E-state index is 13.1. The minimum atomic E-state index is -0.805. The zero-order valence-electron chi connectivity index (χ0n) is 26.4. The van der Waals surface area contributed by atoms with Gasteiger partial charge in [-0.05, 0) is 65.0 Å². The third-order valence-electron chi connectivity index (χ3n) is 8.14. The number of rotatable bonds is 13. The number of pyridine rings is 1. The Bertz CT molecular complexity index is 1960. The maximum atomic E-state index is 13.1. The third kappa shape index (κ3) is 8.36. The predicted octanol–water partition coefficient (Wildman–Crippen LogP) is 6.88. The number of fused-ring (bicyclic) bond motifs is 1. The largest absolute Gasteiger partial charge is 0.487 e. The number of carbonyl (C=O) groups excluding carboxylic acids is 1. The summed E-state index contributed by atoms with van der Waals surface area (Å²) in [6.45, 7) is 1.29. The molecule has 1 atom stereocenters. The molecule has 2 amide bonds. The van der Waals surface area contributed by atoms with Crippen LogP contribution in [0, 0.1) is 0 Å². The van der Waals surface area contributed by atoms with Crippen molar-refractivity contribution in [1.29, 1.82) is 0 Å². The number of aromatic nitrogens is 1. The van der Waals surface area contributed by atoms with E-state index in [1.54, 1.807) is 12.1 Å². The van der Waals surface area contributed by atoms with E-state index in [0.717, 1.165) is 27.6 Å². The number of amides is 2. The molecule has 48 heavy (non-hydrogen) atoms. The molecule has 0 spiro atoms. The second kappa shape index (κ2) is 15.7. The fourth-order valence-electron chi connectivity index (χ4n) is 5.73. The summed E-state index contributed by atoms with van der Waals surface area (Å²) in [7, 11) is 0. The number of aromatic amines is 1. The zero-order chi connectivity index (χ0) is 33.1. The number of ether oxygens (including phenoxy) is 1. The van der Waals surface area contributed by atoms with Gasteiger partial charge in [-0.2, -0.15) is 0 Å². The van der Waals surface area contributed by atoms with Crippen molar-refractivity contribution in [3.8, 4) is 5.75 Å². The Labute approximate surface area is 279 Å². The molecule has 1 aromatic heterocycles. The van der Waals surface area contributed by atoms with Crippen molar-refractivity contribution in [1.82, 2.24) is 15.6 Å². The topological polar surface area (TPSA) is 115 Å². The second-order valence-electron chi connectivity index (χ2n) is 11.6. The number of hydrogen-bond acceptors (Lipinski definition) is 5. The highest BCUT2D eigenvalue weighted by Gasteiger charge is 2.17. The van der Waals surface area contributed by atoms with Crippen molar-refractivity contribution in [3.05, 3.63) is 178 Å². The van der Waals surface area contributed by atoms with Gasteiger partial charge in [0, 0.05) is 23.7 Å². The molecule has 0 aliphatic heterocycles. The third-order valence-corrected chi connectivity index (χ3v) is 8.14. The van der Waals surface area contributed by atoms with Crippen LogP contribution in [0.1, 0.15) is 40.0 Å². The van der Waals surface area contributed by atoms with E-state index in [9.17, 15) is 14.7 Å². The van der Waals surface area contributed by atoms with Crippen LogP contribution >= 0.6 is 0 Å². The first-order chi connectivity index (χ1) is 23.5. The van der Waals surface area contributed by atoms with E-state index in [1.165, 1.54) is 6.07 Å². The van der Waals surface area contributed by atoms with E-state index >= 15 is 0 Å². The fraction of sp³-hybridized carbons (Fsp3) is 0.150. The van der Waals surface area contributed by atoms with Crippen molar-refractivity contribution in [2.24, 2.45) is 0 Å². The van der Waals surface area contributed by atoms with Crippen LogP contribution in [0.4, 0.5) is 10.5 Å². The Morgan fingerprint density at radius 1 is 0.750 bits per heavy atom. The van der Waals surface area contributed by atoms with Crippen molar-refractivity contribution < 1.29 is 14.6 Å². The molecule has 0 aliphatic rings. The first kappa shape index (κ1) is 32.2. The molecule has 6 rings (SSSR count). The molecule has 0 bridgehead atoms. The van der Waals surface area contributed by atoms with E-state index in [-0.39, 0.29) is 17.6 Å². The number of hydrogen-bond donors (Lipinski definition) is 5. The molecule has 0 radical (unpaired) electrons. The molecule has 8 nitrogen and oxygen atoms in total. The van der Waals surface area contributed by atoms with Gasteiger partial charge in [-0.3, -0.25) is 4.79 Å². The van der Waals surface area contributed by atoms with Gasteiger partial charge in [0.1, 0.15) is 12.4 Å². The standard InChI is InChI=1S/C40H38N4O4/c45-35(33-19-21-36(39-34(33)20-22-37(46)43-39)48-27-29-11-4-1-5-12-29)26-41-24-23-28-13-10-18-32(25-28)42-40(47)44-38(30-14-6-2-7-15-30)31-16-8-3-9-17-31/h1-22,25,35,38,41,45H,23-24,26-27H2,(H,43,46)(H2,42,44,47). The number of anilines is 1. The number of urea groups is 1. The lowest BCUT2D eigenvalue weighted by molar-refractivity contribution is 0.176. The summed E-state index contributed by atoms with van der Waals surface area (Å²) in [4.78, 5) is 28.1. The normalized spacial score (nSPS) is 11.7. The van der Waals surface area contributed by atoms with Crippen LogP contribution in [0.2, 0.25) is 0 Å². The summed E-state index contributed by atoms with van der Waals surface area (Å²) >= 11 is 0. The number of aliphatic hydroxyl groups excluding tert-OH is 1. The second-order valence-corrected chi connectivity index (χ2v) is 11.6. The highest BCUT2D eigenvalue weighted by molar-refractivity contribution is 5.90. The van der Waals surface area contributed by atoms with Gasteiger partial charge in [0.15, 0.2) is 0 Å². The van der Waals surface area contributed by atoms with Crippen molar-refractivity contribution in [3.63, 3.8) is 0 Å². The number of benzene rings is 5. The van der Waals surface area contributed by atoms with E-state index in [1.807, 2.05) is 121 Å². The summed E-state index contributed by atoms with van der Waals surface area (Å²) in [5, 5.41) is 21.3. The van der Waals surface area contributed by atoms with Crippen LogP contribution in [-0.2, 0) is 13.0 Å². The van der Waals surface area contributed by atoms with Gasteiger partial charge in [-0.25, -0.2) is 4.79 Å². The lowest BCUT2D eigenvalue weighted by Crippen LogP contribution is -2.33. The molecule has 0 saturated heterocycles. The minimum Gasteiger partial charge on any atom is -0.487 e. The molecule has 0 aliphatic carbocycles. The van der Waals surface area contributed by atoms with Gasteiger partial charge >= 0.3 is 6.03 Å². The van der Waals surface area contributed by atoms with Crippen LogP contribution in [0.25, 0.3) is 10.9 Å². The summed E-state index contributed by atoms with van der Waals surface area (Å²) in [6, 6.07) is 43.5. The van der Waals surface area contributed by atoms with Crippen LogP contribution in [0.3, 0.4) is 0 Å². The monoisotopic (exact) mass is 638 g/mol. The molecule has 5 aromatic carbocycles. The van der Waals surface area contributed by atoms with E-state index in [2.05, 4.69) is 20.9 Å². The first-order valence-electron chi connectivity index (χ1n) is 16.0. The molecule has 0 fully saturated rings. The molecule has 1 heterocycles. The van der Waals surface area contributed by atoms with Crippen molar-refractivity contribution in [2.75, 3.05) is 18.4 Å². The van der Waals surface area contributed by atoms with Gasteiger partial charge in [-0.1, -0.05) is 109 Å². The van der Waals surface area contributed by atoms with Crippen LogP contribution in [0.5, 0.6) is 5.75 Å². The van der Waals surface area contributed by atoms with Crippen LogP contribution < -0.4 is 26.2 Å². The molecule has 242 valence electrons.